The van der Waals surface area contributed by atoms with E-state index < -0.39 is 5.54 Å². The van der Waals surface area contributed by atoms with E-state index >= 15 is 0 Å². The van der Waals surface area contributed by atoms with Crippen molar-refractivity contribution in [2.75, 3.05) is 78.5 Å². The molecule has 4 aliphatic heterocycles. The Morgan fingerprint density at radius 1 is 1.00 bits per heavy atom. The van der Waals surface area contributed by atoms with Crippen molar-refractivity contribution >= 4 is 28.4 Å². The number of nitrogens with one attached hydrogen (secondary N) is 1. The zero-order valence-corrected chi connectivity index (χ0v) is 25.8. The number of hydrogen-bond acceptors (Lipinski definition) is 8. The number of anilines is 1. The lowest BCUT2D eigenvalue weighted by atomic mass is 9.87. The third kappa shape index (κ3) is 4.58. The van der Waals surface area contributed by atoms with Crippen LogP contribution >= 0.6 is 0 Å². The summed E-state index contributed by atoms with van der Waals surface area (Å²) in [5.41, 5.74) is 2.28. The molecule has 0 saturated carbocycles. The van der Waals surface area contributed by atoms with Crippen LogP contribution in [0.2, 0.25) is 0 Å². The number of piperazine rings is 1. The van der Waals surface area contributed by atoms with E-state index in [4.69, 9.17) is 4.74 Å². The lowest BCUT2D eigenvalue weighted by Gasteiger charge is -2.32. The molecule has 0 bridgehead atoms. The van der Waals surface area contributed by atoms with Crippen LogP contribution in [0.25, 0.3) is 10.8 Å². The second-order valence-corrected chi connectivity index (χ2v) is 12.9. The Hall–Kier alpha value is -3.86. The summed E-state index contributed by atoms with van der Waals surface area (Å²) in [5.74, 6) is 0.485. The first kappa shape index (κ1) is 28.9. The quantitative estimate of drug-likeness (QED) is 0.383. The molecule has 3 aromatic rings. The number of benzene rings is 3. The van der Waals surface area contributed by atoms with Gasteiger partial charge in [-0.3, -0.25) is 19.5 Å². The van der Waals surface area contributed by atoms with Crippen molar-refractivity contribution < 1.29 is 19.4 Å². The Morgan fingerprint density at radius 3 is 2.50 bits per heavy atom. The fourth-order valence-electron chi connectivity index (χ4n) is 8.13. The van der Waals surface area contributed by atoms with Gasteiger partial charge in [-0.2, -0.15) is 0 Å². The number of nitrogens with zero attached hydrogens (tertiary/aromatic N) is 5. The van der Waals surface area contributed by atoms with Crippen LogP contribution in [0.5, 0.6) is 11.5 Å². The van der Waals surface area contributed by atoms with Crippen LogP contribution in [-0.4, -0.2) is 116 Å². The van der Waals surface area contributed by atoms with Crippen LogP contribution in [0.15, 0.2) is 54.6 Å². The maximum Gasteiger partial charge on any atom is 0.328 e. The molecule has 4 fully saturated rings. The van der Waals surface area contributed by atoms with Gasteiger partial charge < -0.3 is 25.0 Å². The Bertz CT molecular complexity index is 1590. The molecule has 1 unspecified atom stereocenters. The Balaban J connectivity index is 1.23. The van der Waals surface area contributed by atoms with E-state index in [1.165, 1.54) is 7.11 Å². The van der Waals surface area contributed by atoms with Gasteiger partial charge in [0.25, 0.3) is 5.91 Å². The molecule has 4 saturated heterocycles. The van der Waals surface area contributed by atoms with E-state index in [2.05, 4.69) is 56.4 Å². The number of urea groups is 1. The molecule has 4 aliphatic rings. The van der Waals surface area contributed by atoms with Crippen LogP contribution in [0.1, 0.15) is 23.6 Å². The van der Waals surface area contributed by atoms with E-state index in [1.807, 2.05) is 25.1 Å². The minimum atomic E-state index is -0.902. The number of carbonyl (C=O) groups is 2. The average molecular weight is 599 g/mol. The molecule has 44 heavy (non-hydrogen) atoms. The Kier molecular flexibility index (Phi) is 7.39. The molecule has 1 spiro atoms. The predicted octanol–water partition coefficient (Wildman–Crippen LogP) is 3.11. The molecule has 232 valence electrons. The second-order valence-electron chi connectivity index (χ2n) is 12.9. The molecule has 3 aromatic carbocycles. The standard InChI is InChI=1S/C34H42N6O4/c1-36(2)28-10-9-27(25-6-4-5-7-26(25)28)29-19-24-21-38(20-23-8-11-31(44-3)30(41)18-23)22-34(24)32(42)39(33(43)40(29)34)17-16-37-14-12-35-13-15-37/h4-11,18,24,29,35,41H,12-17,19-22H2,1-3H3/t24-,29-,34?/m1/s1. The van der Waals surface area contributed by atoms with Crippen molar-refractivity contribution in [3.63, 3.8) is 0 Å². The Morgan fingerprint density at radius 2 is 1.77 bits per heavy atom. The fraction of sp³-hybridized carbons (Fsp3) is 0.471. The van der Waals surface area contributed by atoms with Crippen molar-refractivity contribution in [3.8, 4) is 11.5 Å². The van der Waals surface area contributed by atoms with Crippen molar-refractivity contribution in [3.05, 3.63) is 65.7 Å². The summed E-state index contributed by atoms with van der Waals surface area (Å²) in [6, 6.07) is 17.8. The Labute approximate surface area is 258 Å². The molecule has 7 rings (SSSR count). The summed E-state index contributed by atoms with van der Waals surface area (Å²) in [5, 5.41) is 16.0. The number of likely N-dealkylation sites (tertiary alicyclic amines) is 1. The highest BCUT2D eigenvalue weighted by Gasteiger charge is 2.70. The number of methoxy groups -OCH3 is 1. The monoisotopic (exact) mass is 598 g/mol. The summed E-state index contributed by atoms with van der Waals surface area (Å²) in [6.45, 7) is 6.54. The van der Waals surface area contributed by atoms with Gasteiger partial charge in [0.1, 0.15) is 5.54 Å². The number of amides is 3. The van der Waals surface area contributed by atoms with Crippen LogP contribution in [0.3, 0.4) is 0 Å². The summed E-state index contributed by atoms with van der Waals surface area (Å²) in [6.07, 6.45) is 0.735. The van der Waals surface area contributed by atoms with Crippen molar-refractivity contribution in [2.45, 2.75) is 24.5 Å². The van der Waals surface area contributed by atoms with E-state index in [-0.39, 0.29) is 29.6 Å². The summed E-state index contributed by atoms with van der Waals surface area (Å²) >= 11 is 0. The fourth-order valence-corrected chi connectivity index (χ4v) is 8.13. The molecule has 4 heterocycles. The molecule has 0 radical (unpaired) electrons. The lowest BCUT2D eigenvalue weighted by Crippen LogP contribution is -2.52. The van der Waals surface area contributed by atoms with E-state index in [0.717, 1.165) is 60.2 Å². The van der Waals surface area contributed by atoms with Crippen LogP contribution in [0, 0.1) is 5.92 Å². The minimum Gasteiger partial charge on any atom is -0.504 e. The maximum atomic E-state index is 14.5. The summed E-state index contributed by atoms with van der Waals surface area (Å²) in [4.78, 5) is 39.2. The average Bonchev–Trinajstić information content (AvgIpc) is 3.60. The molecule has 0 aliphatic carbocycles. The van der Waals surface area contributed by atoms with Crippen LogP contribution < -0.4 is 15.0 Å². The smallest absolute Gasteiger partial charge is 0.328 e. The normalized spacial score (nSPS) is 25.6. The molecular formula is C34H42N6O4. The van der Waals surface area contributed by atoms with Gasteiger partial charge in [0.2, 0.25) is 0 Å². The molecule has 3 amide bonds. The third-order valence-electron chi connectivity index (χ3n) is 10.2. The number of fused-ring (bicyclic) bond motifs is 1. The first-order valence-electron chi connectivity index (χ1n) is 15.7. The van der Waals surface area contributed by atoms with Crippen molar-refractivity contribution in [2.24, 2.45) is 5.92 Å². The zero-order chi connectivity index (χ0) is 30.6. The maximum absolute atomic E-state index is 14.5. The number of phenols is 1. The third-order valence-corrected chi connectivity index (χ3v) is 10.2. The topological polar surface area (TPSA) is 91.8 Å². The largest absolute Gasteiger partial charge is 0.504 e. The van der Waals surface area contributed by atoms with Gasteiger partial charge in [-0.05, 0) is 41.1 Å². The van der Waals surface area contributed by atoms with Gasteiger partial charge in [0.15, 0.2) is 11.5 Å². The summed E-state index contributed by atoms with van der Waals surface area (Å²) < 4.78 is 5.23. The lowest BCUT2D eigenvalue weighted by molar-refractivity contribution is -0.133. The number of aromatic hydroxyl groups is 1. The number of imide groups is 1. The highest BCUT2D eigenvalue weighted by atomic mass is 16.5. The van der Waals surface area contributed by atoms with E-state index in [9.17, 15) is 14.7 Å². The van der Waals surface area contributed by atoms with Gasteiger partial charge in [0, 0.05) is 90.0 Å². The minimum absolute atomic E-state index is 0.00673. The number of rotatable bonds is 8. The molecule has 2 N–H and O–H groups in total. The number of hydrogen-bond donors (Lipinski definition) is 2. The van der Waals surface area contributed by atoms with Crippen LogP contribution in [0.4, 0.5) is 10.5 Å². The molecule has 0 aromatic heterocycles. The highest BCUT2D eigenvalue weighted by Crippen LogP contribution is 2.56. The van der Waals surface area contributed by atoms with Gasteiger partial charge in [-0.25, -0.2) is 4.79 Å². The van der Waals surface area contributed by atoms with Gasteiger partial charge in [0.05, 0.1) is 13.2 Å². The van der Waals surface area contributed by atoms with Gasteiger partial charge in [-0.15, -0.1) is 0 Å². The second kappa shape index (κ2) is 11.3. The van der Waals surface area contributed by atoms with Gasteiger partial charge >= 0.3 is 6.03 Å². The molecule has 3 atom stereocenters. The first-order valence-corrected chi connectivity index (χ1v) is 15.7. The van der Waals surface area contributed by atoms with Crippen LogP contribution in [-0.2, 0) is 11.3 Å². The van der Waals surface area contributed by atoms with Crippen molar-refractivity contribution in [1.29, 1.82) is 0 Å². The van der Waals surface area contributed by atoms with Gasteiger partial charge in [-0.1, -0.05) is 36.4 Å². The highest BCUT2D eigenvalue weighted by molar-refractivity contribution is 6.09. The predicted molar refractivity (Wildman–Crippen MR) is 170 cm³/mol. The number of ether oxygens (including phenoxy) is 1. The summed E-state index contributed by atoms with van der Waals surface area (Å²) in [7, 11) is 5.63. The molecule has 10 nitrogen and oxygen atoms in total. The van der Waals surface area contributed by atoms with E-state index in [1.54, 1.807) is 17.0 Å². The number of carbonyl (C=O) groups excluding carboxylic acids is 2. The first-order chi connectivity index (χ1) is 21.3. The SMILES string of the molecule is COc1ccc(CN2C[C@H]3C[C@H](c4ccc(N(C)C)c5ccccc45)N4C(=O)N(CCN5CCNCC5)C(=O)C34C2)cc1O. The molecular weight excluding hydrogens is 556 g/mol. The van der Waals surface area contributed by atoms with Crippen molar-refractivity contribution in [1.82, 2.24) is 24.9 Å². The molecule has 10 heteroatoms. The number of phenolic OH excluding ortho intramolecular Hbond substituents is 1. The zero-order valence-electron chi connectivity index (χ0n) is 25.8. The van der Waals surface area contributed by atoms with E-state index in [0.29, 0.717) is 38.5 Å².